The van der Waals surface area contributed by atoms with Gasteiger partial charge in [-0.1, -0.05) is 66.3 Å². The van der Waals surface area contributed by atoms with Crippen LogP contribution in [0.25, 0.3) is 0 Å². The van der Waals surface area contributed by atoms with Crippen LogP contribution in [-0.2, 0) is 6.54 Å². The lowest BCUT2D eigenvalue weighted by molar-refractivity contribution is 0.745. The number of benzene rings is 1. The van der Waals surface area contributed by atoms with E-state index in [-0.39, 0.29) is 0 Å². The maximum absolute atomic E-state index is 4.09. The second-order valence-electron chi connectivity index (χ2n) is 5.73. The van der Waals surface area contributed by atoms with Crippen LogP contribution in [0.2, 0.25) is 0 Å². The largest absolute Gasteiger partial charge is 0.309 e. The number of nitrogens with one attached hydrogen (secondary N) is 1. The SMILES string of the molecule is C=C(/C=C\C(C)=C(C)C)C(=C)CNCc1ccc(C)cc1. The summed E-state index contributed by atoms with van der Waals surface area (Å²) in [5, 5.41) is 3.41. The van der Waals surface area contributed by atoms with E-state index in [1.54, 1.807) is 0 Å². The predicted octanol–water partition coefficient (Wildman–Crippen LogP) is 5.11. The number of rotatable bonds is 7. The van der Waals surface area contributed by atoms with Crippen molar-refractivity contribution in [1.82, 2.24) is 5.32 Å². The van der Waals surface area contributed by atoms with Crippen LogP contribution in [0.15, 0.2) is 71.9 Å². The zero-order valence-electron chi connectivity index (χ0n) is 13.8. The van der Waals surface area contributed by atoms with E-state index in [9.17, 15) is 0 Å². The molecule has 1 heteroatoms. The van der Waals surface area contributed by atoms with Gasteiger partial charge in [0.15, 0.2) is 0 Å². The summed E-state index contributed by atoms with van der Waals surface area (Å²) in [5.74, 6) is 0. The molecule has 0 saturated heterocycles. The molecule has 0 spiro atoms. The van der Waals surface area contributed by atoms with Gasteiger partial charge in [-0.25, -0.2) is 0 Å². The quantitative estimate of drug-likeness (QED) is 0.685. The van der Waals surface area contributed by atoms with Crippen LogP contribution in [0.5, 0.6) is 0 Å². The maximum atomic E-state index is 4.09. The van der Waals surface area contributed by atoms with Crippen LogP contribution < -0.4 is 5.32 Å². The van der Waals surface area contributed by atoms with Gasteiger partial charge >= 0.3 is 0 Å². The molecule has 0 aromatic heterocycles. The molecule has 0 unspecified atom stereocenters. The van der Waals surface area contributed by atoms with E-state index in [1.165, 1.54) is 22.3 Å². The third-order valence-electron chi connectivity index (χ3n) is 3.57. The van der Waals surface area contributed by atoms with Crippen molar-refractivity contribution < 1.29 is 0 Å². The molecule has 0 aliphatic heterocycles. The fourth-order valence-corrected chi connectivity index (χ4v) is 1.69. The number of aryl methyl sites for hydroxylation is 1. The van der Waals surface area contributed by atoms with Gasteiger partial charge in [-0.15, -0.1) is 0 Å². The number of hydrogen-bond acceptors (Lipinski definition) is 1. The van der Waals surface area contributed by atoms with Crippen molar-refractivity contribution in [2.45, 2.75) is 34.2 Å². The van der Waals surface area contributed by atoms with Gasteiger partial charge in [0.2, 0.25) is 0 Å². The van der Waals surface area contributed by atoms with Gasteiger partial charge in [0.25, 0.3) is 0 Å². The lowest BCUT2D eigenvalue weighted by Crippen LogP contribution is -2.16. The van der Waals surface area contributed by atoms with Crippen molar-refractivity contribution in [3.63, 3.8) is 0 Å². The minimum Gasteiger partial charge on any atom is -0.309 e. The van der Waals surface area contributed by atoms with E-state index in [0.717, 1.165) is 24.2 Å². The molecule has 0 fully saturated rings. The summed E-state index contributed by atoms with van der Waals surface area (Å²) in [5.41, 5.74) is 7.18. The molecular formula is C20H27N. The van der Waals surface area contributed by atoms with Crippen LogP contribution in [0.3, 0.4) is 0 Å². The highest BCUT2D eigenvalue weighted by Gasteiger charge is 1.98. The second kappa shape index (κ2) is 8.43. The third kappa shape index (κ3) is 6.42. The molecule has 0 saturated carbocycles. The third-order valence-corrected chi connectivity index (χ3v) is 3.57. The summed E-state index contributed by atoms with van der Waals surface area (Å²) < 4.78 is 0. The van der Waals surface area contributed by atoms with E-state index in [0.29, 0.717) is 0 Å². The molecule has 0 amide bonds. The van der Waals surface area contributed by atoms with Gasteiger partial charge in [-0.3, -0.25) is 0 Å². The lowest BCUT2D eigenvalue weighted by Gasteiger charge is -2.08. The molecular weight excluding hydrogens is 254 g/mol. The molecule has 0 atom stereocenters. The Morgan fingerprint density at radius 1 is 1.05 bits per heavy atom. The molecule has 0 heterocycles. The van der Waals surface area contributed by atoms with Gasteiger partial charge < -0.3 is 5.32 Å². The highest BCUT2D eigenvalue weighted by molar-refractivity contribution is 5.39. The van der Waals surface area contributed by atoms with Gasteiger partial charge in [0.05, 0.1) is 0 Å². The van der Waals surface area contributed by atoms with E-state index >= 15 is 0 Å². The Balaban J connectivity index is 2.41. The summed E-state index contributed by atoms with van der Waals surface area (Å²) in [6.07, 6.45) is 4.14. The Bertz CT molecular complexity index is 552. The zero-order chi connectivity index (χ0) is 15.8. The van der Waals surface area contributed by atoms with Crippen molar-refractivity contribution in [2.24, 2.45) is 0 Å². The van der Waals surface area contributed by atoms with Crippen molar-refractivity contribution in [3.8, 4) is 0 Å². The molecule has 1 aromatic rings. The zero-order valence-corrected chi connectivity index (χ0v) is 13.8. The fraction of sp³-hybridized carbons (Fsp3) is 0.300. The minimum absolute atomic E-state index is 0.755. The van der Waals surface area contributed by atoms with Crippen LogP contribution in [0.1, 0.15) is 31.9 Å². The first-order valence-corrected chi connectivity index (χ1v) is 7.35. The van der Waals surface area contributed by atoms with Gasteiger partial charge in [0, 0.05) is 13.1 Å². The highest BCUT2D eigenvalue weighted by atomic mass is 14.8. The first kappa shape index (κ1) is 17.2. The van der Waals surface area contributed by atoms with E-state index in [4.69, 9.17) is 0 Å². The van der Waals surface area contributed by atoms with Crippen molar-refractivity contribution >= 4 is 0 Å². The molecule has 0 radical (unpaired) electrons. The van der Waals surface area contributed by atoms with Crippen molar-refractivity contribution in [2.75, 3.05) is 6.54 Å². The van der Waals surface area contributed by atoms with E-state index in [2.05, 4.69) is 76.5 Å². The predicted molar refractivity (Wildman–Crippen MR) is 94.4 cm³/mol. The second-order valence-corrected chi connectivity index (χ2v) is 5.73. The Morgan fingerprint density at radius 2 is 1.67 bits per heavy atom. The molecule has 1 N–H and O–H groups in total. The van der Waals surface area contributed by atoms with E-state index in [1.807, 2.05) is 6.08 Å². The van der Waals surface area contributed by atoms with Crippen LogP contribution in [0.4, 0.5) is 0 Å². The van der Waals surface area contributed by atoms with Crippen LogP contribution >= 0.6 is 0 Å². The Hall–Kier alpha value is -1.86. The topological polar surface area (TPSA) is 12.0 Å². The number of hydrogen-bond donors (Lipinski definition) is 1. The van der Waals surface area contributed by atoms with Crippen molar-refractivity contribution in [1.29, 1.82) is 0 Å². The number of allylic oxidation sites excluding steroid dienone is 4. The van der Waals surface area contributed by atoms with Gasteiger partial charge in [0.1, 0.15) is 0 Å². The molecule has 1 rings (SSSR count). The molecule has 21 heavy (non-hydrogen) atoms. The fourth-order valence-electron chi connectivity index (χ4n) is 1.69. The average Bonchev–Trinajstić information content (AvgIpc) is 2.46. The van der Waals surface area contributed by atoms with Gasteiger partial charge in [-0.2, -0.15) is 0 Å². The molecule has 0 aliphatic rings. The summed E-state index contributed by atoms with van der Waals surface area (Å²) >= 11 is 0. The smallest absolute Gasteiger partial charge is 0.0208 e. The minimum atomic E-state index is 0.755. The summed E-state index contributed by atoms with van der Waals surface area (Å²) in [7, 11) is 0. The Morgan fingerprint density at radius 3 is 2.24 bits per heavy atom. The first-order chi connectivity index (χ1) is 9.90. The summed E-state index contributed by atoms with van der Waals surface area (Å²) in [6.45, 7) is 18.2. The molecule has 1 nitrogen and oxygen atoms in total. The molecule has 1 aromatic carbocycles. The van der Waals surface area contributed by atoms with Crippen LogP contribution in [-0.4, -0.2) is 6.54 Å². The molecule has 0 aliphatic carbocycles. The Kier molecular flexibility index (Phi) is 6.90. The van der Waals surface area contributed by atoms with Crippen molar-refractivity contribution in [3.05, 3.63) is 83.0 Å². The first-order valence-electron chi connectivity index (χ1n) is 7.35. The van der Waals surface area contributed by atoms with Gasteiger partial charge in [-0.05, 0) is 44.4 Å². The maximum Gasteiger partial charge on any atom is 0.0208 e. The molecule has 0 bridgehead atoms. The standard InChI is InChI=1S/C20H27N/c1-15(2)17(4)9-10-18(5)19(6)13-21-14-20-11-7-16(3)8-12-20/h7-12,21H,5-6,13-14H2,1-4H3/b10-9-. The highest BCUT2D eigenvalue weighted by Crippen LogP contribution is 2.10. The van der Waals surface area contributed by atoms with E-state index < -0.39 is 0 Å². The lowest BCUT2D eigenvalue weighted by atomic mass is 10.1. The summed E-state index contributed by atoms with van der Waals surface area (Å²) in [4.78, 5) is 0. The average molecular weight is 281 g/mol. The molecule has 112 valence electrons. The monoisotopic (exact) mass is 281 g/mol. The Labute approximate surface area is 129 Å². The normalized spacial score (nSPS) is 10.7. The van der Waals surface area contributed by atoms with Crippen LogP contribution in [0, 0.1) is 6.92 Å². The summed E-state index contributed by atoms with van der Waals surface area (Å²) in [6, 6.07) is 8.57.